The van der Waals surface area contributed by atoms with E-state index in [1.165, 1.54) is 12.3 Å². The Labute approximate surface area is 164 Å². The van der Waals surface area contributed by atoms with Crippen LogP contribution < -0.4 is 14.9 Å². The Morgan fingerprint density at radius 3 is 2.69 bits per heavy atom. The summed E-state index contributed by atoms with van der Waals surface area (Å²) in [7, 11) is 0. The molecule has 0 unspecified atom stereocenters. The van der Waals surface area contributed by atoms with Gasteiger partial charge in [-0.15, -0.1) is 0 Å². The average molecular weight is 393 g/mol. The molecule has 2 aromatic carbocycles. The largest absolute Gasteiger partial charge is 0.485 e. The first-order valence-corrected chi connectivity index (χ1v) is 8.67. The molecule has 3 aromatic rings. The Balaban J connectivity index is 1.40. The third-order valence-corrected chi connectivity index (χ3v) is 4.16. The molecule has 1 atom stereocenters. The van der Waals surface area contributed by atoms with Gasteiger partial charge in [-0.2, -0.15) is 5.10 Å². The van der Waals surface area contributed by atoms with Crippen molar-refractivity contribution < 1.29 is 23.6 Å². The molecule has 1 aliphatic rings. The van der Waals surface area contributed by atoms with Gasteiger partial charge in [0.05, 0.1) is 16.7 Å². The maximum absolute atomic E-state index is 12.2. The summed E-state index contributed by atoms with van der Waals surface area (Å²) >= 11 is 0. The Hall–Kier alpha value is -4.14. The lowest BCUT2D eigenvalue weighted by Crippen LogP contribution is -2.42. The van der Waals surface area contributed by atoms with E-state index in [1.54, 1.807) is 48.5 Å². The van der Waals surface area contributed by atoms with E-state index in [4.69, 9.17) is 13.9 Å². The minimum absolute atomic E-state index is 0.0617. The summed E-state index contributed by atoms with van der Waals surface area (Å²) in [6.45, 7) is 0.0704. The highest BCUT2D eigenvalue weighted by atomic mass is 16.6. The number of hydrogen-bond donors (Lipinski definition) is 1. The average Bonchev–Trinajstić information content (AvgIpc) is 3.22. The summed E-state index contributed by atoms with van der Waals surface area (Å²) < 4.78 is 16.7. The van der Waals surface area contributed by atoms with Gasteiger partial charge in [-0.05, 0) is 30.3 Å². The van der Waals surface area contributed by atoms with Gasteiger partial charge in [0.2, 0.25) is 6.10 Å². The Morgan fingerprint density at radius 1 is 1.10 bits per heavy atom. The van der Waals surface area contributed by atoms with Crippen LogP contribution in [0.3, 0.4) is 0 Å². The number of hydrogen-bond acceptors (Lipinski definition) is 7. The molecule has 146 valence electrons. The van der Waals surface area contributed by atoms with E-state index >= 15 is 0 Å². The minimum atomic E-state index is -0.832. The smallest absolute Gasteiger partial charge is 0.284 e. The van der Waals surface area contributed by atoms with Gasteiger partial charge in [0.25, 0.3) is 11.6 Å². The quantitative estimate of drug-likeness (QED) is 0.404. The molecule has 29 heavy (non-hydrogen) atoms. The highest BCUT2D eigenvalue weighted by Gasteiger charge is 2.27. The summed E-state index contributed by atoms with van der Waals surface area (Å²) in [4.78, 5) is 22.9. The predicted octanol–water partition coefficient (Wildman–Crippen LogP) is 3.14. The molecule has 9 nitrogen and oxygen atoms in total. The summed E-state index contributed by atoms with van der Waals surface area (Å²) in [5, 5.41) is 15.0. The number of hydrazone groups is 1. The molecule has 0 saturated carbocycles. The number of nitro benzene ring substituents is 1. The molecule has 2 heterocycles. The van der Waals surface area contributed by atoms with Crippen LogP contribution in [0, 0.1) is 10.1 Å². The fraction of sp³-hybridized carbons (Fsp3) is 0.100. The topological polar surface area (TPSA) is 116 Å². The number of nitro groups is 1. The molecule has 4 rings (SSSR count). The highest BCUT2D eigenvalue weighted by Crippen LogP contribution is 2.31. The van der Waals surface area contributed by atoms with E-state index in [2.05, 4.69) is 10.5 Å². The maximum atomic E-state index is 12.2. The molecule has 0 spiro atoms. The minimum Gasteiger partial charge on any atom is -0.485 e. The lowest BCUT2D eigenvalue weighted by atomic mass is 10.1. The molecular weight excluding hydrogens is 378 g/mol. The summed E-state index contributed by atoms with van der Waals surface area (Å²) in [6, 6.07) is 16.5. The molecule has 1 N–H and O–H groups in total. The SMILES string of the molecule is O=C(N/N=C\c1ccc(-c2ccccc2[N+](=O)[O-])o1)[C@@H]1COc2ccccc2O1. The zero-order chi connectivity index (χ0) is 20.2. The third-order valence-electron chi connectivity index (χ3n) is 4.16. The third kappa shape index (κ3) is 3.93. The molecule has 0 aliphatic carbocycles. The fourth-order valence-corrected chi connectivity index (χ4v) is 2.79. The molecule has 0 fully saturated rings. The van der Waals surface area contributed by atoms with Crippen LogP contribution in [0.15, 0.2) is 70.2 Å². The number of carbonyl (C=O) groups is 1. The number of nitrogens with one attached hydrogen (secondary N) is 1. The Bertz CT molecular complexity index is 1090. The summed E-state index contributed by atoms with van der Waals surface area (Å²) in [5.41, 5.74) is 2.66. The van der Waals surface area contributed by atoms with E-state index in [9.17, 15) is 14.9 Å². The maximum Gasteiger partial charge on any atom is 0.284 e. The molecule has 1 aliphatic heterocycles. The van der Waals surface area contributed by atoms with E-state index in [0.29, 0.717) is 28.6 Å². The second-order valence-electron chi connectivity index (χ2n) is 6.07. The van der Waals surface area contributed by atoms with Gasteiger partial charge in [-0.1, -0.05) is 24.3 Å². The summed E-state index contributed by atoms with van der Waals surface area (Å²) in [6.07, 6.45) is 0.467. The standard InChI is InChI=1S/C20H15N3O6/c24-20(19-12-27-17-7-3-4-8-18(17)29-19)22-21-11-13-9-10-16(28-13)14-5-1-2-6-15(14)23(25)26/h1-11,19H,12H2,(H,22,24)/b21-11-/t19-/m0/s1. The van der Waals surface area contributed by atoms with Crippen LogP contribution >= 0.6 is 0 Å². The van der Waals surface area contributed by atoms with Crippen LogP contribution in [-0.2, 0) is 4.79 Å². The van der Waals surface area contributed by atoms with Crippen LogP contribution in [0.25, 0.3) is 11.3 Å². The van der Waals surface area contributed by atoms with Crippen LogP contribution in [0.1, 0.15) is 5.76 Å². The van der Waals surface area contributed by atoms with Crippen molar-refractivity contribution in [3.8, 4) is 22.8 Å². The molecular formula is C20H15N3O6. The van der Waals surface area contributed by atoms with Crippen molar-refractivity contribution >= 4 is 17.8 Å². The summed E-state index contributed by atoms with van der Waals surface area (Å²) in [5.74, 6) is 1.25. The molecule has 1 aromatic heterocycles. The highest BCUT2D eigenvalue weighted by molar-refractivity contribution is 5.84. The van der Waals surface area contributed by atoms with Gasteiger partial charge >= 0.3 is 0 Å². The van der Waals surface area contributed by atoms with Crippen LogP contribution in [-0.4, -0.2) is 29.8 Å². The van der Waals surface area contributed by atoms with Crippen LogP contribution in [0.2, 0.25) is 0 Å². The zero-order valence-corrected chi connectivity index (χ0v) is 15.0. The Morgan fingerprint density at radius 2 is 1.86 bits per heavy atom. The number of carbonyl (C=O) groups excluding carboxylic acids is 1. The number of fused-ring (bicyclic) bond motifs is 1. The van der Waals surface area contributed by atoms with E-state index in [1.807, 2.05) is 6.07 Å². The molecule has 1 amide bonds. The first-order chi connectivity index (χ1) is 14.1. The van der Waals surface area contributed by atoms with E-state index < -0.39 is 16.9 Å². The van der Waals surface area contributed by atoms with Crippen molar-refractivity contribution in [1.82, 2.24) is 5.43 Å². The molecule has 0 bridgehead atoms. The lowest BCUT2D eigenvalue weighted by molar-refractivity contribution is -0.384. The Kier molecular flexibility index (Phi) is 4.93. The predicted molar refractivity (Wildman–Crippen MR) is 103 cm³/mol. The number of nitrogens with zero attached hydrogens (tertiary/aromatic N) is 2. The number of rotatable bonds is 5. The second-order valence-corrected chi connectivity index (χ2v) is 6.07. The fourth-order valence-electron chi connectivity index (χ4n) is 2.79. The molecule has 9 heteroatoms. The van der Waals surface area contributed by atoms with Gasteiger partial charge in [0, 0.05) is 6.07 Å². The first-order valence-electron chi connectivity index (χ1n) is 8.67. The van der Waals surface area contributed by atoms with Crippen molar-refractivity contribution in [2.24, 2.45) is 5.10 Å². The van der Waals surface area contributed by atoms with E-state index in [0.717, 1.165) is 0 Å². The number of furan rings is 1. The molecule has 0 saturated heterocycles. The van der Waals surface area contributed by atoms with Crippen molar-refractivity contribution in [2.45, 2.75) is 6.10 Å². The van der Waals surface area contributed by atoms with Crippen molar-refractivity contribution in [1.29, 1.82) is 0 Å². The lowest BCUT2D eigenvalue weighted by Gasteiger charge is -2.24. The van der Waals surface area contributed by atoms with Crippen LogP contribution in [0.4, 0.5) is 5.69 Å². The first kappa shape index (κ1) is 18.2. The normalized spacial score (nSPS) is 15.2. The second kappa shape index (κ2) is 7.85. The van der Waals surface area contributed by atoms with Crippen molar-refractivity contribution in [3.63, 3.8) is 0 Å². The van der Waals surface area contributed by atoms with E-state index in [-0.39, 0.29) is 12.3 Å². The number of para-hydroxylation sites is 3. The zero-order valence-electron chi connectivity index (χ0n) is 15.0. The van der Waals surface area contributed by atoms with Crippen molar-refractivity contribution in [2.75, 3.05) is 6.61 Å². The van der Waals surface area contributed by atoms with Gasteiger partial charge in [0.1, 0.15) is 18.1 Å². The number of amides is 1. The van der Waals surface area contributed by atoms with Gasteiger partial charge in [-0.3, -0.25) is 14.9 Å². The monoisotopic (exact) mass is 393 g/mol. The van der Waals surface area contributed by atoms with Crippen LogP contribution in [0.5, 0.6) is 11.5 Å². The molecule has 0 radical (unpaired) electrons. The number of benzene rings is 2. The van der Waals surface area contributed by atoms with Gasteiger partial charge in [0.15, 0.2) is 11.5 Å². The van der Waals surface area contributed by atoms with Gasteiger partial charge in [-0.25, -0.2) is 5.43 Å². The van der Waals surface area contributed by atoms with Gasteiger partial charge < -0.3 is 13.9 Å². The van der Waals surface area contributed by atoms with Crippen molar-refractivity contribution in [3.05, 3.63) is 76.5 Å². The number of ether oxygens (including phenoxy) is 2.